The maximum absolute atomic E-state index is 4.07. The van der Waals surface area contributed by atoms with E-state index in [0.29, 0.717) is 6.04 Å². The number of benzene rings is 1. The number of anilines is 2. The summed E-state index contributed by atoms with van der Waals surface area (Å²) >= 11 is 0. The van der Waals surface area contributed by atoms with Gasteiger partial charge in [0.15, 0.2) is 0 Å². The van der Waals surface area contributed by atoms with Crippen LogP contribution in [0.1, 0.15) is 12.5 Å². The standard InChI is InChI=1S/C16H19N3/c1-13-12-18-15-4-2-3-5-16(15)19(13)11-8-14-6-9-17-10-7-14/h2-7,9-10,13,18H,8,11-12H2,1H3. The molecule has 0 bridgehead atoms. The lowest BCUT2D eigenvalue weighted by molar-refractivity contribution is 0.640. The van der Waals surface area contributed by atoms with Crippen molar-refractivity contribution >= 4 is 11.4 Å². The molecule has 1 unspecified atom stereocenters. The highest BCUT2D eigenvalue weighted by Gasteiger charge is 2.21. The fourth-order valence-corrected chi connectivity index (χ4v) is 2.62. The lowest BCUT2D eigenvalue weighted by atomic mass is 10.1. The summed E-state index contributed by atoms with van der Waals surface area (Å²) < 4.78 is 0. The van der Waals surface area contributed by atoms with Crippen molar-refractivity contribution in [3.8, 4) is 0 Å². The highest BCUT2D eigenvalue weighted by molar-refractivity contribution is 5.72. The molecule has 1 aliphatic rings. The molecule has 0 saturated heterocycles. The summed E-state index contributed by atoms with van der Waals surface area (Å²) in [6.45, 7) is 4.33. The van der Waals surface area contributed by atoms with Crippen LogP contribution in [0.15, 0.2) is 48.8 Å². The van der Waals surface area contributed by atoms with Crippen molar-refractivity contribution in [1.82, 2.24) is 4.98 Å². The number of hydrogen-bond donors (Lipinski definition) is 1. The fourth-order valence-electron chi connectivity index (χ4n) is 2.62. The topological polar surface area (TPSA) is 28.2 Å². The van der Waals surface area contributed by atoms with Gasteiger partial charge in [-0.05, 0) is 43.2 Å². The molecule has 2 aromatic rings. The molecule has 1 aromatic heterocycles. The van der Waals surface area contributed by atoms with Gasteiger partial charge in [0.2, 0.25) is 0 Å². The number of hydrogen-bond acceptors (Lipinski definition) is 3. The van der Waals surface area contributed by atoms with E-state index in [1.807, 2.05) is 12.4 Å². The molecule has 0 spiro atoms. The van der Waals surface area contributed by atoms with Gasteiger partial charge in [-0.2, -0.15) is 0 Å². The van der Waals surface area contributed by atoms with Crippen LogP contribution in [0.5, 0.6) is 0 Å². The largest absolute Gasteiger partial charge is 0.381 e. The molecular formula is C16H19N3. The average Bonchev–Trinajstić information content (AvgIpc) is 2.47. The third-order valence-electron chi connectivity index (χ3n) is 3.72. The molecule has 0 saturated carbocycles. The van der Waals surface area contributed by atoms with Crippen molar-refractivity contribution in [2.75, 3.05) is 23.3 Å². The van der Waals surface area contributed by atoms with Crippen molar-refractivity contribution in [2.24, 2.45) is 0 Å². The van der Waals surface area contributed by atoms with Gasteiger partial charge in [-0.25, -0.2) is 0 Å². The van der Waals surface area contributed by atoms with Gasteiger partial charge < -0.3 is 10.2 Å². The van der Waals surface area contributed by atoms with Gasteiger partial charge in [-0.1, -0.05) is 12.1 Å². The van der Waals surface area contributed by atoms with Crippen LogP contribution in [0.2, 0.25) is 0 Å². The number of aromatic nitrogens is 1. The molecule has 3 heteroatoms. The number of para-hydroxylation sites is 2. The predicted molar refractivity (Wildman–Crippen MR) is 79.7 cm³/mol. The summed E-state index contributed by atoms with van der Waals surface area (Å²) in [5.41, 5.74) is 3.91. The van der Waals surface area contributed by atoms with E-state index < -0.39 is 0 Å². The van der Waals surface area contributed by atoms with E-state index in [9.17, 15) is 0 Å². The Bertz CT molecular complexity index is 539. The molecule has 0 fully saturated rings. The Hall–Kier alpha value is -2.03. The Morgan fingerprint density at radius 3 is 2.84 bits per heavy atom. The minimum Gasteiger partial charge on any atom is -0.381 e. The molecule has 1 N–H and O–H groups in total. The molecule has 0 radical (unpaired) electrons. The molecular weight excluding hydrogens is 234 g/mol. The van der Waals surface area contributed by atoms with Crippen LogP contribution >= 0.6 is 0 Å². The summed E-state index contributed by atoms with van der Waals surface area (Å²) in [5.74, 6) is 0. The Balaban J connectivity index is 1.77. The van der Waals surface area contributed by atoms with E-state index in [2.05, 4.69) is 58.5 Å². The molecule has 1 aliphatic heterocycles. The number of rotatable bonds is 3. The normalized spacial score (nSPS) is 17.7. The molecule has 1 aromatic carbocycles. The Morgan fingerprint density at radius 2 is 2.00 bits per heavy atom. The minimum absolute atomic E-state index is 0.525. The molecule has 2 heterocycles. The molecule has 1 atom stereocenters. The van der Waals surface area contributed by atoms with Gasteiger partial charge in [0.05, 0.1) is 11.4 Å². The zero-order valence-corrected chi connectivity index (χ0v) is 11.2. The molecule has 19 heavy (non-hydrogen) atoms. The number of pyridine rings is 1. The Labute approximate surface area is 114 Å². The predicted octanol–water partition coefficient (Wildman–Crippen LogP) is 2.94. The first kappa shape index (κ1) is 12.0. The Morgan fingerprint density at radius 1 is 1.21 bits per heavy atom. The van der Waals surface area contributed by atoms with E-state index >= 15 is 0 Å². The van der Waals surface area contributed by atoms with Crippen molar-refractivity contribution in [2.45, 2.75) is 19.4 Å². The third-order valence-corrected chi connectivity index (χ3v) is 3.72. The second-order valence-corrected chi connectivity index (χ2v) is 5.05. The molecule has 0 aliphatic carbocycles. The van der Waals surface area contributed by atoms with Crippen molar-refractivity contribution in [3.05, 3.63) is 54.4 Å². The van der Waals surface area contributed by atoms with Crippen molar-refractivity contribution in [3.63, 3.8) is 0 Å². The zero-order chi connectivity index (χ0) is 13.1. The third kappa shape index (κ3) is 2.55. The number of fused-ring (bicyclic) bond motifs is 1. The number of nitrogens with one attached hydrogen (secondary N) is 1. The lowest BCUT2D eigenvalue weighted by Crippen LogP contribution is -2.43. The highest BCUT2D eigenvalue weighted by atomic mass is 15.2. The van der Waals surface area contributed by atoms with Crippen LogP contribution in [-0.4, -0.2) is 24.1 Å². The molecule has 3 rings (SSSR count). The minimum atomic E-state index is 0.525. The van der Waals surface area contributed by atoms with E-state index in [1.54, 1.807) is 0 Å². The van der Waals surface area contributed by atoms with Gasteiger partial charge >= 0.3 is 0 Å². The highest BCUT2D eigenvalue weighted by Crippen LogP contribution is 2.30. The first-order chi connectivity index (χ1) is 9.34. The quantitative estimate of drug-likeness (QED) is 0.911. The lowest BCUT2D eigenvalue weighted by Gasteiger charge is -2.37. The van der Waals surface area contributed by atoms with Gasteiger partial charge in [0, 0.05) is 31.5 Å². The smallest absolute Gasteiger partial charge is 0.0605 e. The Kier molecular flexibility index (Phi) is 3.36. The van der Waals surface area contributed by atoms with Crippen LogP contribution in [0, 0.1) is 0 Å². The van der Waals surface area contributed by atoms with Gasteiger partial charge in [-0.15, -0.1) is 0 Å². The first-order valence-corrected chi connectivity index (χ1v) is 6.83. The van der Waals surface area contributed by atoms with Crippen molar-refractivity contribution in [1.29, 1.82) is 0 Å². The monoisotopic (exact) mass is 253 g/mol. The summed E-state index contributed by atoms with van der Waals surface area (Å²) in [6.07, 6.45) is 4.79. The number of nitrogens with zero attached hydrogens (tertiary/aromatic N) is 2. The maximum atomic E-state index is 4.07. The first-order valence-electron chi connectivity index (χ1n) is 6.83. The second kappa shape index (κ2) is 5.31. The zero-order valence-electron chi connectivity index (χ0n) is 11.2. The molecule has 3 nitrogen and oxygen atoms in total. The van der Waals surface area contributed by atoms with Crippen LogP contribution in [0.3, 0.4) is 0 Å². The van der Waals surface area contributed by atoms with E-state index in [4.69, 9.17) is 0 Å². The average molecular weight is 253 g/mol. The summed E-state index contributed by atoms with van der Waals surface area (Å²) in [5, 5.41) is 3.49. The SMILES string of the molecule is CC1CNc2ccccc2N1CCc1ccncc1. The fraction of sp³-hybridized carbons (Fsp3) is 0.312. The molecule has 0 amide bonds. The summed E-state index contributed by atoms with van der Waals surface area (Å²) in [4.78, 5) is 6.56. The van der Waals surface area contributed by atoms with E-state index in [1.165, 1.54) is 16.9 Å². The van der Waals surface area contributed by atoms with Crippen LogP contribution in [0.4, 0.5) is 11.4 Å². The van der Waals surface area contributed by atoms with Gasteiger partial charge in [-0.3, -0.25) is 4.98 Å². The molecule has 98 valence electrons. The van der Waals surface area contributed by atoms with Crippen LogP contribution in [-0.2, 0) is 6.42 Å². The van der Waals surface area contributed by atoms with Gasteiger partial charge in [0.1, 0.15) is 0 Å². The van der Waals surface area contributed by atoms with Crippen molar-refractivity contribution < 1.29 is 0 Å². The van der Waals surface area contributed by atoms with Crippen LogP contribution in [0.25, 0.3) is 0 Å². The summed E-state index contributed by atoms with van der Waals surface area (Å²) in [7, 11) is 0. The van der Waals surface area contributed by atoms with Crippen LogP contribution < -0.4 is 10.2 Å². The van der Waals surface area contributed by atoms with E-state index in [0.717, 1.165) is 19.5 Å². The summed E-state index contributed by atoms with van der Waals surface area (Å²) in [6, 6.07) is 13.3. The van der Waals surface area contributed by atoms with Gasteiger partial charge in [0.25, 0.3) is 0 Å². The second-order valence-electron chi connectivity index (χ2n) is 5.05. The maximum Gasteiger partial charge on any atom is 0.0605 e. The van der Waals surface area contributed by atoms with E-state index in [-0.39, 0.29) is 0 Å².